The Labute approximate surface area is 93.5 Å². The van der Waals surface area contributed by atoms with Gasteiger partial charge in [-0.3, -0.25) is 10.1 Å². The van der Waals surface area contributed by atoms with Crippen LogP contribution in [0.2, 0.25) is 0 Å². The van der Waals surface area contributed by atoms with Crippen molar-refractivity contribution in [3.05, 3.63) is 0 Å². The van der Waals surface area contributed by atoms with Crippen LogP contribution in [0.1, 0.15) is 33.6 Å². The first-order chi connectivity index (χ1) is 7.22. The van der Waals surface area contributed by atoms with Crippen molar-refractivity contribution in [2.75, 3.05) is 0 Å². The summed E-state index contributed by atoms with van der Waals surface area (Å²) in [5.74, 6) is -3.63. The van der Waals surface area contributed by atoms with Crippen molar-refractivity contribution in [3.63, 3.8) is 0 Å². The van der Waals surface area contributed by atoms with Gasteiger partial charge in [-0.1, -0.05) is 0 Å². The van der Waals surface area contributed by atoms with Crippen LogP contribution in [-0.2, 0) is 9.53 Å². The maximum atomic E-state index is 13.1. The van der Waals surface area contributed by atoms with E-state index in [0.717, 1.165) is 0 Å². The Bertz CT molecular complexity index is 312. The fourth-order valence-corrected chi connectivity index (χ4v) is 2.18. The van der Waals surface area contributed by atoms with E-state index < -0.39 is 35.5 Å². The standard InChI is InChI=1S/C11H17F2NO2/c1-10(2,3)16-9(15)7-5-4-6-8(14-7)11(6,12)13/h6-8,14H,4-5H2,1-3H3. The molecule has 1 aliphatic carbocycles. The highest BCUT2D eigenvalue weighted by Gasteiger charge is 2.70. The minimum Gasteiger partial charge on any atom is -0.459 e. The zero-order chi connectivity index (χ0) is 12.1. The summed E-state index contributed by atoms with van der Waals surface area (Å²) < 4.78 is 31.3. The van der Waals surface area contributed by atoms with Gasteiger partial charge in [0.05, 0.1) is 6.04 Å². The van der Waals surface area contributed by atoms with Crippen LogP contribution in [0.3, 0.4) is 0 Å². The van der Waals surface area contributed by atoms with Crippen LogP contribution in [0.5, 0.6) is 0 Å². The highest BCUT2D eigenvalue weighted by Crippen LogP contribution is 2.54. The molecule has 0 radical (unpaired) electrons. The van der Waals surface area contributed by atoms with Crippen LogP contribution >= 0.6 is 0 Å². The molecule has 2 aliphatic rings. The Balaban J connectivity index is 1.91. The number of halogens is 2. The summed E-state index contributed by atoms with van der Waals surface area (Å²) in [4.78, 5) is 11.7. The van der Waals surface area contributed by atoms with E-state index in [1.807, 2.05) is 0 Å². The number of nitrogens with one attached hydrogen (secondary N) is 1. The first kappa shape index (κ1) is 11.8. The van der Waals surface area contributed by atoms with Gasteiger partial charge in [0.25, 0.3) is 5.92 Å². The lowest BCUT2D eigenvalue weighted by Crippen LogP contribution is -2.45. The number of carbonyl (C=O) groups is 1. The maximum absolute atomic E-state index is 13.1. The molecule has 0 bridgehead atoms. The van der Waals surface area contributed by atoms with E-state index in [1.165, 1.54) is 0 Å². The fourth-order valence-electron chi connectivity index (χ4n) is 2.18. The van der Waals surface area contributed by atoms with Crippen molar-refractivity contribution in [1.82, 2.24) is 5.32 Å². The smallest absolute Gasteiger partial charge is 0.323 e. The minimum absolute atomic E-state index is 0.397. The third-order valence-corrected chi connectivity index (χ3v) is 3.04. The molecule has 1 saturated heterocycles. The first-order valence-electron chi connectivity index (χ1n) is 5.58. The van der Waals surface area contributed by atoms with Crippen LogP contribution in [0.25, 0.3) is 0 Å². The molecule has 3 atom stereocenters. The van der Waals surface area contributed by atoms with Crippen molar-refractivity contribution in [2.24, 2.45) is 5.92 Å². The van der Waals surface area contributed by atoms with Crippen LogP contribution in [0.4, 0.5) is 8.78 Å². The zero-order valence-corrected chi connectivity index (χ0v) is 9.72. The quantitative estimate of drug-likeness (QED) is 0.701. The maximum Gasteiger partial charge on any atom is 0.323 e. The Morgan fingerprint density at radius 2 is 2.00 bits per heavy atom. The van der Waals surface area contributed by atoms with Crippen LogP contribution in [-0.4, -0.2) is 29.6 Å². The van der Waals surface area contributed by atoms with Gasteiger partial charge in [-0.05, 0) is 33.6 Å². The summed E-state index contributed by atoms with van der Waals surface area (Å²) in [5.41, 5.74) is -0.568. The second kappa shape index (κ2) is 3.39. The molecule has 2 rings (SSSR count). The summed E-state index contributed by atoms with van der Waals surface area (Å²) in [6.07, 6.45) is 0.834. The molecule has 1 aliphatic heterocycles. The summed E-state index contributed by atoms with van der Waals surface area (Å²) in [6.45, 7) is 5.30. The first-order valence-corrected chi connectivity index (χ1v) is 5.58. The van der Waals surface area contributed by atoms with E-state index in [1.54, 1.807) is 20.8 Å². The molecule has 1 heterocycles. The predicted molar refractivity (Wildman–Crippen MR) is 54.2 cm³/mol. The largest absolute Gasteiger partial charge is 0.459 e. The monoisotopic (exact) mass is 233 g/mol. The lowest BCUT2D eigenvalue weighted by Gasteiger charge is -2.26. The molecule has 1 saturated carbocycles. The van der Waals surface area contributed by atoms with Gasteiger partial charge in [-0.25, -0.2) is 8.78 Å². The molecule has 16 heavy (non-hydrogen) atoms. The molecular formula is C11H17F2NO2. The van der Waals surface area contributed by atoms with E-state index in [-0.39, 0.29) is 0 Å². The Kier molecular flexibility index (Phi) is 2.49. The van der Waals surface area contributed by atoms with Crippen LogP contribution < -0.4 is 5.32 Å². The lowest BCUT2D eigenvalue weighted by atomic mass is 10.0. The molecule has 0 aromatic heterocycles. The summed E-state index contributed by atoms with van der Waals surface area (Å²) in [7, 11) is 0. The van der Waals surface area contributed by atoms with Gasteiger partial charge in [-0.2, -0.15) is 0 Å². The normalized spacial score (nSPS) is 36.4. The number of hydrogen-bond acceptors (Lipinski definition) is 3. The lowest BCUT2D eigenvalue weighted by molar-refractivity contribution is -0.158. The second-order valence-corrected chi connectivity index (χ2v) is 5.59. The number of fused-ring (bicyclic) bond motifs is 1. The van der Waals surface area contributed by atoms with Gasteiger partial charge in [0.15, 0.2) is 0 Å². The molecule has 92 valence electrons. The summed E-state index contributed by atoms with van der Waals surface area (Å²) in [5, 5.41) is 2.68. The molecule has 0 amide bonds. The predicted octanol–water partition coefficient (Wildman–Crippen LogP) is 1.71. The summed E-state index contributed by atoms with van der Waals surface area (Å²) >= 11 is 0. The molecule has 3 nitrogen and oxygen atoms in total. The van der Waals surface area contributed by atoms with E-state index in [9.17, 15) is 13.6 Å². The van der Waals surface area contributed by atoms with Gasteiger partial charge in [-0.15, -0.1) is 0 Å². The van der Waals surface area contributed by atoms with Gasteiger partial charge < -0.3 is 4.74 Å². The van der Waals surface area contributed by atoms with E-state index in [2.05, 4.69) is 5.32 Å². The topological polar surface area (TPSA) is 38.3 Å². The highest BCUT2D eigenvalue weighted by molar-refractivity contribution is 5.76. The van der Waals surface area contributed by atoms with Crippen molar-refractivity contribution >= 4 is 5.97 Å². The molecule has 3 unspecified atom stereocenters. The highest BCUT2D eigenvalue weighted by atomic mass is 19.3. The van der Waals surface area contributed by atoms with Gasteiger partial charge in [0.1, 0.15) is 11.6 Å². The number of rotatable bonds is 1. The van der Waals surface area contributed by atoms with E-state index in [0.29, 0.717) is 12.8 Å². The minimum atomic E-state index is -2.63. The SMILES string of the molecule is CC(C)(C)OC(=O)C1CCC2C(N1)C2(F)F. The molecule has 0 spiro atoms. The average molecular weight is 233 g/mol. The molecule has 5 heteroatoms. The van der Waals surface area contributed by atoms with Gasteiger partial charge >= 0.3 is 5.97 Å². The van der Waals surface area contributed by atoms with Crippen LogP contribution in [0, 0.1) is 5.92 Å². The number of piperidine rings is 1. The average Bonchev–Trinajstić information content (AvgIpc) is 2.66. The number of ether oxygens (including phenoxy) is 1. The number of carbonyl (C=O) groups excluding carboxylic acids is 1. The number of hydrogen-bond donors (Lipinski definition) is 1. The number of alkyl halides is 2. The zero-order valence-electron chi connectivity index (χ0n) is 9.72. The van der Waals surface area contributed by atoms with E-state index in [4.69, 9.17) is 4.74 Å². The molecule has 2 fully saturated rings. The second-order valence-electron chi connectivity index (χ2n) is 5.59. The molecular weight excluding hydrogens is 216 g/mol. The third-order valence-electron chi connectivity index (χ3n) is 3.04. The van der Waals surface area contributed by atoms with Crippen molar-refractivity contribution in [2.45, 2.75) is 57.2 Å². The molecule has 0 aromatic carbocycles. The summed E-state index contributed by atoms with van der Waals surface area (Å²) in [6, 6.07) is -1.40. The molecule has 0 aromatic rings. The van der Waals surface area contributed by atoms with Crippen molar-refractivity contribution < 1.29 is 18.3 Å². The Hall–Kier alpha value is -0.710. The van der Waals surface area contributed by atoms with Crippen LogP contribution in [0.15, 0.2) is 0 Å². The van der Waals surface area contributed by atoms with Gasteiger partial charge in [0, 0.05) is 5.92 Å². The Morgan fingerprint density at radius 1 is 1.38 bits per heavy atom. The van der Waals surface area contributed by atoms with Crippen molar-refractivity contribution in [1.29, 1.82) is 0 Å². The van der Waals surface area contributed by atoms with Crippen molar-refractivity contribution in [3.8, 4) is 0 Å². The number of esters is 1. The van der Waals surface area contributed by atoms with E-state index >= 15 is 0 Å². The fraction of sp³-hybridized carbons (Fsp3) is 0.909. The Morgan fingerprint density at radius 3 is 2.50 bits per heavy atom. The molecule has 1 N–H and O–H groups in total. The third kappa shape index (κ3) is 2.05. The van der Waals surface area contributed by atoms with Gasteiger partial charge in [0.2, 0.25) is 0 Å².